The van der Waals surface area contributed by atoms with E-state index in [2.05, 4.69) is 21.6 Å². The number of methoxy groups -OCH3 is 1. The minimum absolute atomic E-state index is 0.0909. The minimum Gasteiger partial charge on any atom is -0.495 e. The van der Waals surface area contributed by atoms with Gasteiger partial charge in [-0.05, 0) is 42.9 Å². The average Bonchev–Trinajstić information content (AvgIpc) is 3.23. The fourth-order valence-corrected chi connectivity index (χ4v) is 5.06. The van der Waals surface area contributed by atoms with Crippen molar-refractivity contribution in [2.24, 2.45) is 0 Å². The summed E-state index contributed by atoms with van der Waals surface area (Å²) in [6.45, 7) is 3.63. The highest BCUT2D eigenvalue weighted by Gasteiger charge is 2.28. The number of ether oxygens (including phenoxy) is 3. The molecule has 0 radical (unpaired) electrons. The molecule has 2 heterocycles. The van der Waals surface area contributed by atoms with E-state index in [0.29, 0.717) is 11.5 Å². The van der Waals surface area contributed by atoms with Gasteiger partial charge in [0.15, 0.2) is 11.5 Å². The van der Waals surface area contributed by atoms with Crippen molar-refractivity contribution >= 4 is 10.0 Å². The fraction of sp³-hybridized carbons (Fsp3) is 0.429. The lowest BCUT2D eigenvalue weighted by atomic mass is 10.0. The zero-order chi connectivity index (χ0) is 22.0. The Kier molecular flexibility index (Phi) is 6.33. The first kappa shape index (κ1) is 21.8. The highest BCUT2D eigenvalue weighted by atomic mass is 32.2. The maximum Gasteiger partial charge on any atom is 0.244 e. The van der Waals surface area contributed by atoms with Crippen LogP contribution in [0.2, 0.25) is 0 Å². The standard InChI is InChI=1S/C21H26FN3O5S/c1-24-7-9-25(10-8-24)17(15-3-5-18-20(11-15)30-14-29-18)13-23-31(26,27)21-12-16(22)4-6-19(21)28-2/h3-6,11-12,17,23H,7-10,13-14H2,1-2H3/t17-/m0/s1. The van der Waals surface area contributed by atoms with Crippen LogP contribution in [0.15, 0.2) is 41.3 Å². The number of halogens is 1. The molecule has 0 saturated carbocycles. The fourth-order valence-electron chi connectivity index (χ4n) is 3.84. The van der Waals surface area contributed by atoms with Crippen LogP contribution in [0.5, 0.6) is 17.2 Å². The van der Waals surface area contributed by atoms with E-state index in [1.165, 1.54) is 13.2 Å². The van der Waals surface area contributed by atoms with Gasteiger partial charge in [-0.25, -0.2) is 17.5 Å². The molecule has 0 bridgehead atoms. The van der Waals surface area contributed by atoms with E-state index < -0.39 is 15.8 Å². The van der Waals surface area contributed by atoms with Crippen molar-refractivity contribution in [2.75, 3.05) is 53.7 Å². The number of sulfonamides is 1. The van der Waals surface area contributed by atoms with E-state index in [-0.39, 0.29) is 30.0 Å². The van der Waals surface area contributed by atoms with Gasteiger partial charge in [0.2, 0.25) is 16.8 Å². The van der Waals surface area contributed by atoms with Crippen LogP contribution < -0.4 is 18.9 Å². The largest absolute Gasteiger partial charge is 0.495 e. The predicted molar refractivity (Wildman–Crippen MR) is 113 cm³/mol. The normalized spacial score (nSPS) is 18.2. The number of likely N-dealkylation sites (N-methyl/N-ethyl adjacent to an activating group) is 1. The van der Waals surface area contributed by atoms with Gasteiger partial charge in [0, 0.05) is 38.8 Å². The monoisotopic (exact) mass is 451 g/mol. The molecule has 0 amide bonds. The topological polar surface area (TPSA) is 80.3 Å². The van der Waals surface area contributed by atoms with Gasteiger partial charge in [-0.15, -0.1) is 0 Å². The summed E-state index contributed by atoms with van der Waals surface area (Å²) in [4.78, 5) is 4.25. The lowest BCUT2D eigenvalue weighted by Crippen LogP contribution is -2.48. The molecule has 8 nitrogen and oxygen atoms in total. The van der Waals surface area contributed by atoms with Crippen LogP contribution >= 0.6 is 0 Å². The van der Waals surface area contributed by atoms with Gasteiger partial charge in [-0.3, -0.25) is 4.90 Å². The Morgan fingerprint density at radius 1 is 1.10 bits per heavy atom. The Morgan fingerprint density at radius 3 is 2.58 bits per heavy atom. The molecule has 1 atom stereocenters. The Morgan fingerprint density at radius 2 is 1.84 bits per heavy atom. The molecule has 10 heteroatoms. The molecular weight excluding hydrogens is 425 g/mol. The van der Waals surface area contributed by atoms with Crippen molar-refractivity contribution in [3.63, 3.8) is 0 Å². The van der Waals surface area contributed by atoms with Crippen LogP contribution in [-0.4, -0.2) is 71.9 Å². The molecule has 0 unspecified atom stereocenters. The Bertz CT molecular complexity index is 1040. The maximum absolute atomic E-state index is 13.7. The predicted octanol–water partition coefficient (Wildman–Crippen LogP) is 1.83. The van der Waals surface area contributed by atoms with Gasteiger partial charge < -0.3 is 19.1 Å². The van der Waals surface area contributed by atoms with Crippen LogP contribution in [0.4, 0.5) is 4.39 Å². The van der Waals surface area contributed by atoms with Crippen molar-refractivity contribution in [3.8, 4) is 17.2 Å². The van der Waals surface area contributed by atoms with Crippen LogP contribution in [0.25, 0.3) is 0 Å². The third-order valence-corrected chi connectivity index (χ3v) is 7.09. The number of benzene rings is 2. The molecule has 0 aliphatic carbocycles. The highest BCUT2D eigenvalue weighted by molar-refractivity contribution is 7.89. The molecule has 2 aliphatic heterocycles. The first-order valence-electron chi connectivity index (χ1n) is 10.0. The molecule has 2 aromatic rings. The summed E-state index contributed by atoms with van der Waals surface area (Å²) < 4.78 is 58.4. The second-order valence-corrected chi connectivity index (χ2v) is 9.35. The molecule has 31 heavy (non-hydrogen) atoms. The summed E-state index contributed by atoms with van der Waals surface area (Å²) in [6.07, 6.45) is 0. The summed E-state index contributed by atoms with van der Waals surface area (Å²) in [6, 6.07) is 8.86. The number of hydrogen-bond acceptors (Lipinski definition) is 7. The Hall–Kier alpha value is -2.40. The van der Waals surface area contributed by atoms with Gasteiger partial charge >= 0.3 is 0 Å². The van der Waals surface area contributed by atoms with E-state index in [4.69, 9.17) is 14.2 Å². The third-order valence-electron chi connectivity index (χ3n) is 5.64. The van der Waals surface area contributed by atoms with Gasteiger partial charge in [0.25, 0.3) is 0 Å². The molecule has 168 valence electrons. The second kappa shape index (κ2) is 8.99. The van der Waals surface area contributed by atoms with E-state index in [1.54, 1.807) is 0 Å². The SMILES string of the molecule is COc1ccc(F)cc1S(=O)(=O)NC[C@@H](c1ccc2c(c1)OCO2)N1CCN(C)CC1. The van der Waals surface area contributed by atoms with E-state index in [9.17, 15) is 12.8 Å². The number of piperazine rings is 1. The maximum atomic E-state index is 13.7. The van der Waals surface area contributed by atoms with Gasteiger partial charge in [-0.2, -0.15) is 0 Å². The quantitative estimate of drug-likeness (QED) is 0.688. The zero-order valence-electron chi connectivity index (χ0n) is 17.5. The van der Waals surface area contributed by atoms with Crippen molar-refractivity contribution in [1.29, 1.82) is 0 Å². The molecule has 0 spiro atoms. The van der Waals surface area contributed by atoms with E-state index in [0.717, 1.165) is 43.9 Å². The summed E-state index contributed by atoms with van der Waals surface area (Å²) >= 11 is 0. The molecule has 0 aromatic heterocycles. The van der Waals surface area contributed by atoms with Crippen molar-refractivity contribution < 1.29 is 27.0 Å². The summed E-state index contributed by atoms with van der Waals surface area (Å²) in [5, 5.41) is 0. The molecule has 1 fully saturated rings. The third kappa shape index (κ3) is 4.77. The number of fused-ring (bicyclic) bond motifs is 1. The second-order valence-electron chi connectivity index (χ2n) is 7.61. The summed E-state index contributed by atoms with van der Waals surface area (Å²) in [5.74, 6) is 0.762. The molecule has 1 N–H and O–H groups in total. The van der Waals surface area contributed by atoms with E-state index in [1.807, 2.05) is 18.2 Å². The van der Waals surface area contributed by atoms with Crippen molar-refractivity contribution in [2.45, 2.75) is 10.9 Å². The minimum atomic E-state index is -4.00. The zero-order valence-corrected chi connectivity index (χ0v) is 18.3. The number of nitrogens with zero attached hydrogens (tertiary/aromatic N) is 2. The highest BCUT2D eigenvalue weighted by Crippen LogP contribution is 2.36. The number of nitrogens with one attached hydrogen (secondary N) is 1. The Labute approximate surface area is 181 Å². The van der Waals surface area contributed by atoms with Crippen molar-refractivity contribution in [3.05, 3.63) is 47.8 Å². The Balaban J connectivity index is 1.60. The molecule has 4 rings (SSSR count). The van der Waals surface area contributed by atoms with E-state index >= 15 is 0 Å². The number of hydrogen-bond donors (Lipinski definition) is 1. The van der Waals surface area contributed by atoms with Crippen LogP contribution in [-0.2, 0) is 10.0 Å². The molecule has 2 aromatic carbocycles. The smallest absolute Gasteiger partial charge is 0.244 e. The lowest BCUT2D eigenvalue weighted by molar-refractivity contribution is 0.112. The molecule has 2 aliphatic rings. The van der Waals surface area contributed by atoms with Crippen LogP contribution in [0.3, 0.4) is 0 Å². The summed E-state index contributed by atoms with van der Waals surface area (Å²) in [7, 11) is -0.583. The summed E-state index contributed by atoms with van der Waals surface area (Å²) in [5.41, 5.74) is 0.919. The van der Waals surface area contributed by atoms with Gasteiger partial charge in [0.05, 0.1) is 7.11 Å². The number of rotatable bonds is 7. The van der Waals surface area contributed by atoms with Crippen LogP contribution in [0, 0.1) is 5.82 Å². The molecule has 1 saturated heterocycles. The molecular formula is C21H26FN3O5S. The first-order chi connectivity index (χ1) is 14.9. The lowest BCUT2D eigenvalue weighted by Gasteiger charge is -2.38. The van der Waals surface area contributed by atoms with Gasteiger partial charge in [0.1, 0.15) is 16.5 Å². The van der Waals surface area contributed by atoms with Crippen LogP contribution in [0.1, 0.15) is 11.6 Å². The van der Waals surface area contributed by atoms with Crippen molar-refractivity contribution in [1.82, 2.24) is 14.5 Å². The van der Waals surface area contributed by atoms with Gasteiger partial charge in [-0.1, -0.05) is 6.07 Å². The first-order valence-corrected chi connectivity index (χ1v) is 11.5. The average molecular weight is 452 g/mol.